The molecule has 0 atom stereocenters. The van der Waals surface area contributed by atoms with E-state index in [2.05, 4.69) is 51.6 Å². The van der Waals surface area contributed by atoms with Gasteiger partial charge in [-0.25, -0.2) is 0 Å². The van der Waals surface area contributed by atoms with E-state index in [1.807, 2.05) is 6.08 Å². The third kappa shape index (κ3) is 8.14. The number of aryl methyl sites for hydroxylation is 1. The fourth-order valence-corrected chi connectivity index (χ4v) is 11.1. The van der Waals surface area contributed by atoms with Crippen molar-refractivity contribution in [2.45, 2.75) is 78.6 Å². The van der Waals surface area contributed by atoms with E-state index < -0.39 is 5.96 Å². The standard InChI is InChI=1S/C24H42ClP/c1-5-9-19-26(25,20-10-6-2,21-11-7-3)22-13-12-14-24-17-15-23(8-4)16-18-24/h8,15-18H,4-7,9-14,19-22H2,1-3H3. The Morgan fingerprint density at radius 3 is 1.65 bits per heavy atom. The molecule has 0 bridgehead atoms. The maximum absolute atomic E-state index is 7.67. The SMILES string of the molecule is C=Cc1ccc(CCCCP(Cl)(CCCC)(CCCC)CCCC)cc1. The summed E-state index contributed by atoms with van der Waals surface area (Å²) >= 11 is 7.67. The van der Waals surface area contributed by atoms with Gasteiger partial charge < -0.3 is 0 Å². The molecular formula is C24H42ClP. The van der Waals surface area contributed by atoms with Crippen molar-refractivity contribution in [1.82, 2.24) is 0 Å². The second kappa shape index (κ2) is 12.2. The predicted octanol–water partition coefficient (Wildman–Crippen LogP) is 8.76. The molecule has 0 aromatic heterocycles. The summed E-state index contributed by atoms with van der Waals surface area (Å²) in [5.74, 6) is -2.04. The maximum atomic E-state index is 7.67. The summed E-state index contributed by atoms with van der Waals surface area (Å²) in [6.07, 6.45) is 18.7. The molecule has 1 aromatic rings. The summed E-state index contributed by atoms with van der Waals surface area (Å²) in [5, 5.41) is 0. The Bertz CT molecular complexity index is 481. The molecule has 0 fully saturated rings. The molecule has 0 aliphatic carbocycles. The van der Waals surface area contributed by atoms with Crippen molar-refractivity contribution in [2.24, 2.45) is 0 Å². The van der Waals surface area contributed by atoms with Gasteiger partial charge in [-0.1, -0.05) is 0 Å². The molecule has 0 aliphatic rings. The van der Waals surface area contributed by atoms with E-state index in [4.69, 9.17) is 11.2 Å². The van der Waals surface area contributed by atoms with Crippen LogP contribution in [0, 0.1) is 0 Å². The van der Waals surface area contributed by atoms with Crippen LogP contribution >= 0.6 is 17.2 Å². The van der Waals surface area contributed by atoms with Gasteiger partial charge in [0.1, 0.15) is 0 Å². The molecule has 1 rings (SSSR count). The molecule has 0 saturated carbocycles. The van der Waals surface area contributed by atoms with Gasteiger partial charge in [0.25, 0.3) is 0 Å². The van der Waals surface area contributed by atoms with Crippen LogP contribution in [0.25, 0.3) is 6.08 Å². The molecule has 0 radical (unpaired) electrons. The minimum atomic E-state index is -2.04. The number of benzene rings is 1. The first kappa shape index (κ1) is 23.7. The molecule has 0 amide bonds. The van der Waals surface area contributed by atoms with Gasteiger partial charge >= 0.3 is 168 Å². The second-order valence-electron chi connectivity index (χ2n) is 8.18. The van der Waals surface area contributed by atoms with E-state index >= 15 is 0 Å². The van der Waals surface area contributed by atoms with Crippen molar-refractivity contribution in [3.8, 4) is 0 Å². The van der Waals surface area contributed by atoms with Crippen LogP contribution in [0.4, 0.5) is 0 Å². The van der Waals surface area contributed by atoms with Gasteiger partial charge in [-0.3, -0.25) is 0 Å². The van der Waals surface area contributed by atoms with Crippen LogP contribution in [-0.4, -0.2) is 24.6 Å². The van der Waals surface area contributed by atoms with Crippen LogP contribution < -0.4 is 0 Å². The normalized spacial score (nSPS) is 13.3. The number of hydrogen-bond donors (Lipinski definition) is 0. The Balaban J connectivity index is 2.68. The average molecular weight is 397 g/mol. The second-order valence-corrected chi connectivity index (χ2v) is 16.5. The zero-order valence-electron chi connectivity index (χ0n) is 17.6. The van der Waals surface area contributed by atoms with Gasteiger partial charge in [0.15, 0.2) is 0 Å². The van der Waals surface area contributed by atoms with Crippen LogP contribution in [0.2, 0.25) is 0 Å². The molecule has 0 saturated heterocycles. The molecular weight excluding hydrogens is 355 g/mol. The summed E-state index contributed by atoms with van der Waals surface area (Å²) in [7, 11) is 0. The summed E-state index contributed by atoms with van der Waals surface area (Å²) < 4.78 is 0. The summed E-state index contributed by atoms with van der Waals surface area (Å²) in [4.78, 5) is 0. The van der Waals surface area contributed by atoms with Crippen molar-refractivity contribution in [3.63, 3.8) is 0 Å². The Morgan fingerprint density at radius 2 is 1.23 bits per heavy atom. The fraction of sp³-hybridized carbons (Fsp3) is 0.667. The summed E-state index contributed by atoms with van der Waals surface area (Å²) in [6, 6.07) is 8.85. The Morgan fingerprint density at radius 1 is 0.769 bits per heavy atom. The molecule has 2 heteroatoms. The molecule has 0 heterocycles. The van der Waals surface area contributed by atoms with E-state index in [-0.39, 0.29) is 0 Å². The van der Waals surface area contributed by atoms with Gasteiger partial charge in [0.05, 0.1) is 0 Å². The topological polar surface area (TPSA) is 0 Å². The molecule has 26 heavy (non-hydrogen) atoms. The van der Waals surface area contributed by atoms with Crippen molar-refractivity contribution < 1.29 is 0 Å². The van der Waals surface area contributed by atoms with Crippen LogP contribution in [-0.2, 0) is 6.42 Å². The number of halogens is 1. The van der Waals surface area contributed by atoms with Gasteiger partial charge in [-0.05, 0) is 0 Å². The summed E-state index contributed by atoms with van der Waals surface area (Å²) in [5.41, 5.74) is 2.65. The van der Waals surface area contributed by atoms with Crippen LogP contribution in [0.3, 0.4) is 0 Å². The van der Waals surface area contributed by atoms with E-state index in [1.165, 1.54) is 93.6 Å². The van der Waals surface area contributed by atoms with Crippen LogP contribution in [0.1, 0.15) is 83.3 Å². The quantitative estimate of drug-likeness (QED) is 0.205. The van der Waals surface area contributed by atoms with Crippen LogP contribution in [0.5, 0.6) is 0 Å². The number of rotatable bonds is 15. The van der Waals surface area contributed by atoms with E-state index in [1.54, 1.807) is 0 Å². The third-order valence-corrected chi connectivity index (χ3v) is 13.6. The van der Waals surface area contributed by atoms with Gasteiger partial charge in [0.2, 0.25) is 0 Å². The number of hydrogen-bond acceptors (Lipinski definition) is 0. The van der Waals surface area contributed by atoms with Gasteiger partial charge in [0, 0.05) is 0 Å². The molecule has 0 N–H and O–H groups in total. The molecule has 0 spiro atoms. The Labute approximate surface area is 168 Å². The zero-order chi connectivity index (χ0) is 19.3. The van der Waals surface area contributed by atoms with Crippen molar-refractivity contribution in [3.05, 3.63) is 42.0 Å². The van der Waals surface area contributed by atoms with E-state index in [0.717, 1.165) is 0 Å². The van der Waals surface area contributed by atoms with Gasteiger partial charge in [-0.15, -0.1) is 0 Å². The van der Waals surface area contributed by atoms with Crippen molar-refractivity contribution in [1.29, 1.82) is 0 Å². The molecule has 1 aromatic carbocycles. The number of unbranched alkanes of at least 4 members (excludes halogenated alkanes) is 4. The van der Waals surface area contributed by atoms with Crippen LogP contribution in [0.15, 0.2) is 30.8 Å². The Kier molecular flexibility index (Phi) is 11.1. The molecule has 0 nitrogen and oxygen atoms in total. The Hall–Kier alpha value is -0.320. The fourth-order valence-electron chi connectivity index (χ4n) is 3.99. The predicted molar refractivity (Wildman–Crippen MR) is 126 cm³/mol. The molecule has 150 valence electrons. The average Bonchev–Trinajstić information content (AvgIpc) is 2.68. The molecule has 0 aliphatic heterocycles. The molecule has 0 unspecified atom stereocenters. The van der Waals surface area contributed by atoms with E-state index in [9.17, 15) is 0 Å². The van der Waals surface area contributed by atoms with Gasteiger partial charge in [-0.2, -0.15) is 0 Å². The first-order chi connectivity index (χ1) is 12.5. The van der Waals surface area contributed by atoms with Crippen molar-refractivity contribution in [2.75, 3.05) is 24.6 Å². The first-order valence-corrected chi connectivity index (χ1v) is 14.8. The minimum absolute atomic E-state index is 1.18. The summed E-state index contributed by atoms with van der Waals surface area (Å²) in [6.45, 7) is 10.8. The van der Waals surface area contributed by atoms with Crippen molar-refractivity contribution >= 4 is 23.3 Å². The monoisotopic (exact) mass is 396 g/mol. The zero-order valence-corrected chi connectivity index (χ0v) is 19.3. The first-order valence-electron chi connectivity index (χ1n) is 10.9. The van der Waals surface area contributed by atoms with E-state index in [0.29, 0.717) is 0 Å². The third-order valence-electron chi connectivity index (χ3n) is 5.86.